The highest BCUT2D eigenvalue weighted by atomic mass is 19.3. The average molecular weight is 463 g/mol. The molecule has 1 fully saturated rings. The first-order valence-corrected chi connectivity index (χ1v) is 11.4. The van der Waals surface area contributed by atoms with Crippen LogP contribution in [-0.2, 0) is 11.3 Å². The number of fused-ring (bicyclic) bond motifs is 2. The second kappa shape index (κ2) is 7.44. The molecule has 1 atom stereocenters. The number of imidazole rings is 2. The molecule has 9 heteroatoms. The zero-order valence-corrected chi connectivity index (χ0v) is 19.2. The Morgan fingerprint density at radius 1 is 1.18 bits per heavy atom. The summed E-state index contributed by atoms with van der Waals surface area (Å²) in [5.74, 6) is 1.48. The van der Waals surface area contributed by atoms with E-state index in [1.54, 1.807) is 25.1 Å². The fourth-order valence-electron chi connectivity index (χ4n) is 4.96. The molecule has 1 aromatic carbocycles. The summed E-state index contributed by atoms with van der Waals surface area (Å²) in [6.07, 6.45) is 2.58. The Balaban J connectivity index is 1.59. The maximum absolute atomic E-state index is 14.2. The maximum Gasteiger partial charge on any atom is 0.267 e. The minimum Gasteiger partial charge on any atom is -0.338 e. The van der Waals surface area contributed by atoms with Gasteiger partial charge in [-0.15, -0.1) is 0 Å². The Hall–Kier alpha value is -3.62. The van der Waals surface area contributed by atoms with Crippen LogP contribution in [0.3, 0.4) is 0 Å². The van der Waals surface area contributed by atoms with Crippen LogP contribution in [0, 0.1) is 6.92 Å². The van der Waals surface area contributed by atoms with Crippen molar-refractivity contribution in [3.63, 3.8) is 0 Å². The molecule has 3 aromatic heterocycles. The third-order valence-corrected chi connectivity index (χ3v) is 6.80. The number of hydrogen-bond donors (Lipinski definition) is 0. The quantitative estimate of drug-likeness (QED) is 0.431. The van der Waals surface area contributed by atoms with E-state index in [0.717, 1.165) is 41.3 Å². The van der Waals surface area contributed by atoms with Gasteiger partial charge in [0.05, 0.1) is 34.7 Å². The SMILES string of the molecule is Cc1cn(-c2nc3cccc(-c4nc(C5CC5)n5c4CN(C)C(=O)C5C)c3cc2C(F)F)cn1. The van der Waals surface area contributed by atoms with Gasteiger partial charge in [-0.05, 0) is 38.8 Å². The van der Waals surface area contributed by atoms with Crippen LogP contribution in [0.5, 0.6) is 0 Å². The molecule has 7 nitrogen and oxygen atoms in total. The van der Waals surface area contributed by atoms with Gasteiger partial charge in [-0.25, -0.2) is 23.7 Å². The number of aryl methyl sites for hydroxylation is 1. The Morgan fingerprint density at radius 3 is 2.65 bits per heavy atom. The predicted molar refractivity (Wildman–Crippen MR) is 123 cm³/mol. The fraction of sp³-hybridized carbons (Fsp3) is 0.360. The molecular weight excluding hydrogens is 438 g/mol. The van der Waals surface area contributed by atoms with Crippen LogP contribution in [0.1, 0.15) is 60.9 Å². The Bertz CT molecular complexity index is 1450. The maximum atomic E-state index is 14.2. The van der Waals surface area contributed by atoms with Gasteiger partial charge in [-0.2, -0.15) is 0 Å². The lowest BCUT2D eigenvalue weighted by molar-refractivity contribution is -0.135. The number of benzene rings is 1. The number of halogens is 2. The van der Waals surface area contributed by atoms with Gasteiger partial charge in [-0.1, -0.05) is 12.1 Å². The Kier molecular flexibility index (Phi) is 4.59. The van der Waals surface area contributed by atoms with E-state index in [1.807, 2.05) is 25.1 Å². The summed E-state index contributed by atoms with van der Waals surface area (Å²) in [5, 5.41) is 0.619. The summed E-state index contributed by atoms with van der Waals surface area (Å²) in [6.45, 7) is 4.13. The molecule has 4 heterocycles. The zero-order valence-electron chi connectivity index (χ0n) is 19.2. The number of hydrogen-bond acceptors (Lipinski definition) is 4. The monoisotopic (exact) mass is 462 g/mol. The lowest BCUT2D eigenvalue weighted by Crippen LogP contribution is -2.39. The Labute approximate surface area is 195 Å². The van der Waals surface area contributed by atoms with Gasteiger partial charge in [-0.3, -0.25) is 9.36 Å². The highest BCUT2D eigenvalue weighted by molar-refractivity contribution is 5.96. The van der Waals surface area contributed by atoms with E-state index in [4.69, 9.17) is 4.98 Å². The highest BCUT2D eigenvalue weighted by Crippen LogP contribution is 2.45. The molecule has 1 saturated carbocycles. The molecule has 0 N–H and O–H groups in total. The smallest absolute Gasteiger partial charge is 0.267 e. The lowest BCUT2D eigenvalue weighted by Gasteiger charge is -2.31. The second-order valence-corrected chi connectivity index (χ2v) is 9.28. The van der Waals surface area contributed by atoms with Gasteiger partial charge in [0.1, 0.15) is 24.0 Å². The van der Waals surface area contributed by atoms with Crippen LogP contribution < -0.4 is 0 Å². The average Bonchev–Trinajstić information content (AvgIpc) is 3.46. The van der Waals surface area contributed by atoms with Crippen molar-refractivity contribution in [3.8, 4) is 17.1 Å². The van der Waals surface area contributed by atoms with Crippen LogP contribution in [0.15, 0.2) is 36.8 Å². The van der Waals surface area contributed by atoms with Crippen LogP contribution in [0.2, 0.25) is 0 Å². The van der Waals surface area contributed by atoms with Gasteiger partial charge >= 0.3 is 0 Å². The number of carbonyl (C=O) groups excluding carboxylic acids is 1. The van der Waals surface area contributed by atoms with Crippen LogP contribution >= 0.6 is 0 Å². The summed E-state index contributed by atoms with van der Waals surface area (Å²) < 4.78 is 32.0. The minimum absolute atomic E-state index is 0.0539. The standard InChI is InChI=1S/C25H24F2N6O/c1-13-10-32(12-28-13)24-18(22(26)27)9-17-16(5-4-6-19(17)29-24)21-20-11-31(3)25(34)14(2)33(20)23(30-21)15-7-8-15/h4-6,9-10,12,14-15,22H,7-8,11H2,1-3H3. The van der Waals surface area contributed by atoms with E-state index in [2.05, 4.69) is 14.5 Å². The molecule has 0 bridgehead atoms. The second-order valence-electron chi connectivity index (χ2n) is 9.28. The minimum atomic E-state index is -2.70. The molecule has 0 saturated heterocycles. The van der Waals surface area contributed by atoms with E-state index < -0.39 is 6.43 Å². The first-order valence-electron chi connectivity index (χ1n) is 11.4. The number of aromatic nitrogens is 5. The summed E-state index contributed by atoms with van der Waals surface area (Å²) >= 11 is 0. The molecule has 0 radical (unpaired) electrons. The Morgan fingerprint density at radius 2 is 1.97 bits per heavy atom. The van der Waals surface area contributed by atoms with Gasteiger partial charge in [0.25, 0.3) is 6.43 Å². The molecule has 2 aliphatic rings. The number of likely N-dealkylation sites (N-methyl/N-ethyl adjacent to an activating group) is 1. The van der Waals surface area contributed by atoms with Crippen molar-refractivity contribution < 1.29 is 13.6 Å². The fourth-order valence-corrected chi connectivity index (χ4v) is 4.96. The molecule has 6 rings (SSSR count). The van der Waals surface area contributed by atoms with Crippen molar-refractivity contribution in [2.24, 2.45) is 0 Å². The van der Waals surface area contributed by atoms with Gasteiger partial charge < -0.3 is 9.47 Å². The van der Waals surface area contributed by atoms with E-state index in [0.29, 0.717) is 23.4 Å². The van der Waals surface area contributed by atoms with Gasteiger partial charge in [0.2, 0.25) is 5.91 Å². The lowest BCUT2D eigenvalue weighted by atomic mass is 10.0. The normalized spacial score (nSPS) is 18.2. The number of rotatable bonds is 4. The molecule has 1 amide bonds. The number of nitrogens with zero attached hydrogens (tertiary/aromatic N) is 6. The summed E-state index contributed by atoms with van der Waals surface area (Å²) in [7, 11) is 1.79. The zero-order chi connectivity index (χ0) is 23.7. The van der Waals surface area contributed by atoms with E-state index in [9.17, 15) is 13.6 Å². The third kappa shape index (κ3) is 3.13. The van der Waals surface area contributed by atoms with Crippen LogP contribution in [0.25, 0.3) is 28.0 Å². The van der Waals surface area contributed by atoms with Gasteiger partial charge in [0, 0.05) is 30.1 Å². The van der Waals surface area contributed by atoms with Crippen molar-refractivity contribution in [1.29, 1.82) is 0 Å². The first kappa shape index (κ1) is 20.9. The molecule has 34 heavy (non-hydrogen) atoms. The number of amides is 1. The van der Waals surface area contributed by atoms with Crippen molar-refractivity contribution in [2.75, 3.05) is 7.05 Å². The van der Waals surface area contributed by atoms with Crippen LogP contribution in [-0.4, -0.2) is 41.9 Å². The van der Waals surface area contributed by atoms with Crippen molar-refractivity contribution in [3.05, 3.63) is 59.6 Å². The van der Waals surface area contributed by atoms with Crippen molar-refractivity contribution in [1.82, 2.24) is 29.0 Å². The van der Waals surface area contributed by atoms with E-state index in [-0.39, 0.29) is 23.3 Å². The summed E-state index contributed by atoms with van der Waals surface area (Å²) in [5.41, 5.74) is 3.61. The molecule has 0 spiro atoms. The van der Waals surface area contributed by atoms with Crippen molar-refractivity contribution >= 4 is 16.8 Å². The highest BCUT2D eigenvalue weighted by Gasteiger charge is 2.38. The molecule has 174 valence electrons. The first-order chi connectivity index (χ1) is 16.3. The van der Waals surface area contributed by atoms with E-state index in [1.165, 1.54) is 17.0 Å². The largest absolute Gasteiger partial charge is 0.338 e. The number of pyridine rings is 1. The molecular formula is C25H24F2N6O. The molecule has 1 aliphatic heterocycles. The van der Waals surface area contributed by atoms with E-state index >= 15 is 0 Å². The predicted octanol–water partition coefficient (Wildman–Crippen LogP) is 4.94. The summed E-state index contributed by atoms with van der Waals surface area (Å²) in [6, 6.07) is 6.78. The topological polar surface area (TPSA) is 68.8 Å². The molecule has 1 unspecified atom stereocenters. The number of alkyl halides is 2. The van der Waals surface area contributed by atoms with Crippen molar-refractivity contribution in [2.45, 2.75) is 51.6 Å². The summed E-state index contributed by atoms with van der Waals surface area (Å²) in [4.78, 5) is 28.2. The number of carbonyl (C=O) groups is 1. The third-order valence-electron chi connectivity index (χ3n) is 6.80. The molecule has 4 aromatic rings. The van der Waals surface area contributed by atoms with Gasteiger partial charge in [0.15, 0.2) is 0 Å². The molecule has 1 aliphatic carbocycles. The van der Waals surface area contributed by atoms with Crippen LogP contribution in [0.4, 0.5) is 8.78 Å².